The molecule has 4 aromatic carbocycles. The number of fused-ring (bicyclic) bond motifs is 10. The van der Waals surface area contributed by atoms with Crippen LogP contribution in [0.25, 0.3) is 44.7 Å². The predicted octanol–water partition coefficient (Wildman–Crippen LogP) is 10.0. The van der Waals surface area contributed by atoms with Crippen LogP contribution in [0.2, 0.25) is 0 Å². The molecule has 4 nitrogen and oxygen atoms in total. The van der Waals surface area contributed by atoms with Crippen LogP contribution in [0.5, 0.6) is 0 Å². The lowest BCUT2D eigenvalue weighted by Crippen LogP contribution is -2.38. The van der Waals surface area contributed by atoms with Crippen LogP contribution in [-0.2, 0) is 4.74 Å². The molecule has 5 atom stereocenters. The van der Waals surface area contributed by atoms with E-state index in [1.165, 1.54) is 45.5 Å². The van der Waals surface area contributed by atoms with Gasteiger partial charge in [0.1, 0.15) is 6.10 Å². The SMILES string of the molecule is N#Cc1cc(-n2c3ccccc3c3ccccc32)ccc1-c1cccc2c1N1C3=C(C4CC4C=C3)C3CCC4=C(CC(/C=C\C=C\2)O4)C31. The molecule has 3 aliphatic heterocycles. The second-order valence-corrected chi connectivity index (χ2v) is 14.2. The van der Waals surface area contributed by atoms with Gasteiger partial charge < -0.3 is 14.2 Å². The molecule has 6 aliphatic rings. The molecule has 4 heterocycles. The van der Waals surface area contributed by atoms with Crippen molar-refractivity contribution in [3.05, 3.63) is 149 Å². The fourth-order valence-electron chi connectivity index (χ4n) is 9.70. The Morgan fingerprint density at radius 1 is 0.792 bits per heavy atom. The predicted molar refractivity (Wildman–Crippen MR) is 192 cm³/mol. The molecule has 0 N–H and O–H groups in total. The van der Waals surface area contributed by atoms with Crippen molar-refractivity contribution in [1.29, 1.82) is 5.26 Å². The first kappa shape index (κ1) is 26.5. The highest BCUT2D eigenvalue weighted by atomic mass is 16.5. The van der Waals surface area contributed by atoms with Crippen molar-refractivity contribution in [2.75, 3.05) is 4.90 Å². The summed E-state index contributed by atoms with van der Waals surface area (Å²) in [6.45, 7) is 0. The monoisotopic (exact) mass is 619 g/mol. The molecule has 5 aromatic rings. The van der Waals surface area contributed by atoms with Crippen LogP contribution in [0.4, 0.5) is 5.69 Å². The largest absolute Gasteiger partial charge is 0.490 e. The molecule has 48 heavy (non-hydrogen) atoms. The third-order valence-corrected chi connectivity index (χ3v) is 11.7. The van der Waals surface area contributed by atoms with Gasteiger partial charge in [-0.1, -0.05) is 85.0 Å². The summed E-state index contributed by atoms with van der Waals surface area (Å²) in [5.41, 5.74) is 13.0. The summed E-state index contributed by atoms with van der Waals surface area (Å²) in [6, 6.07) is 33.0. The molecule has 0 radical (unpaired) electrons. The van der Waals surface area contributed by atoms with Crippen molar-refractivity contribution in [2.24, 2.45) is 17.8 Å². The second-order valence-electron chi connectivity index (χ2n) is 14.2. The minimum atomic E-state index is 0.0985. The van der Waals surface area contributed by atoms with Crippen LogP contribution in [0.1, 0.15) is 36.8 Å². The number of hydrogen-bond acceptors (Lipinski definition) is 3. The lowest BCUT2D eigenvalue weighted by atomic mass is 9.77. The van der Waals surface area contributed by atoms with Gasteiger partial charge >= 0.3 is 0 Å². The van der Waals surface area contributed by atoms with E-state index >= 15 is 0 Å². The molecule has 2 bridgehead atoms. The Morgan fingerprint density at radius 3 is 2.46 bits per heavy atom. The smallest absolute Gasteiger partial charge is 0.121 e. The van der Waals surface area contributed by atoms with Gasteiger partial charge in [0, 0.05) is 52.0 Å². The molecule has 5 unspecified atom stereocenters. The quantitative estimate of drug-likeness (QED) is 0.197. The molecule has 0 spiro atoms. The van der Waals surface area contributed by atoms with E-state index in [0.29, 0.717) is 23.3 Å². The molecular weight excluding hydrogens is 587 g/mol. The highest BCUT2D eigenvalue weighted by Crippen LogP contribution is 2.61. The molecular formula is C44H33N3O. The van der Waals surface area contributed by atoms with Crippen LogP contribution >= 0.6 is 0 Å². The number of benzene rings is 4. The van der Waals surface area contributed by atoms with E-state index < -0.39 is 0 Å². The fourth-order valence-corrected chi connectivity index (χ4v) is 9.70. The maximum absolute atomic E-state index is 10.8. The number of hydrogen-bond donors (Lipinski definition) is 0. The van der Waals surface area contributed by atoms with Gasteiger partial charge in [-0.3, -0.25) is 0 Å². The van der Waals surface area contributed by atoms with Gasteiger partial charge in [0.05, 0.1) is 40.2 Å². The summed E-state index contributed by atoms with van der Waals surface area (Å²) < 4.78 is 8.88. The molecule has 11 rings (SSSR count). The number of ether oxygens (including phenoxy) is 1. The Morgan fingerprint density at radius 2 is 1.62 bits per heavy atom. The van der Waals surface area contributed by atoms with Gasteiger partial charge in [0.25, 0.3) is 0 Å². The molecule has 3 aliphatic carbocycles. The summed E-state index contributed by atoms with van der Waals surface area (Å²) >= 11 is 0. The van der Waals surface area contributed by atoms with Gasteiger partial charge in [0.2, 0.25) is 0 Å². The van der Waals surface area contributed by atoms with Gasteiger partial charge in [-0.2, -0.15) is 5.26 Å². The minimum absolute atomic E-state index is 0.0985. The van der Waals surface area contributed by atoms with Crippen LogP contribution in [0.3, 0.4) is 0 Å². The first-order valence-electron chi connectivity index (χ1n) is 17.4. The molecule has 1 fully saturated rings. The Kier molecular flexibility index (Phi) is 5.39. The Labute approximate surface area is 279 Å². The van der Waals surface area contributed by atoms with Crippen LogP contribution in [-0.4, -0.2) is 16.7 Å². The molecule has 1 saturated carbocycles. The first-order chi connectivity index (χ1) is 23.8. The Bertz CT molecular complexity index is 2390. The van der Waals surface area contributed by atoms with Gasteiger partial charge in [0.15, 0.2) is 0 Å². The van der Waals surface area contributed by atoms with Crippen molar-refractivity contribution in [3.63, 3.8) is 0 Å². The number of anilines is 1. The summed E-state index contributed by atoms with van der Waals surface area (Å²) in [5.74, 6) is 3.08. The lowest BCUT2D eigenvalue weighted by molar-refractivity contribution is 0.171. The molecule has 4 heteroatoms. The number of nitrogens with zero attached hydrogens (tertiary/aromatic N) is 3. The topological polar surface area (TPSA) is 41.2 Å². The maximum atomic E-state index is 10.8. The summed E-state index contributed by atoms with van der Waals surface area (Å²) in [6.07, 6.45) is 18.1. The van der Waals surface area contributed by atoms with Crippen molar-refractivity contribution >= 4 is 33.6 Å². The van der Waals surface area contributed by atoms with E-state index in [9.17, 15) is 5.26 Å². The lowest BCUT2D eigenvalue weighted by Gasteiger charge is -2.37. The summed E-state index contributed by atoms with van der Waals surface area (Å²) in [4.78, 5) is 2.67. The summed E-state index contributed by atoms with van der Waals surface area (Å²) in [5, 5.41) is 13.2. The number of para-hydroxylation sites is 3. The normalized spacial score (nSPS) is 27.2. The number of nitriles is 1. The highest BCUT2D eigenvalue weighted by Gasteiger charge is 2.55. The van der Waals surface area contributed by atoms with E-state index in [1.807, 2.05) is 0 Å². The number of aromatic nitrogens is 1. The van der Waals surface area contributed by atoms with Gasteiger partial charge in [-0.15, -0.1) is 0 Å². The standard InChI is InChI=1S/C44H33N3O/c45-25-28-22-29(46-38-14-5-3-11-32(38)33-12-4-6-15-39(33)46)17-18-31(28)34-13-7-9-26-8-1-2-10-30-24-37-41(48-30)21-19-35-42-36-23-27(36)16-20-40(42)47(43(26)34)44(35)37/h1-18,20,22,27,30,35-36,44H,19,21,23-24H2/b8-1+,10-2-. The zero-order chi connectivity index (χ0) is 31.5. The molecule has 1 aromatic heterocycles. The van der Waals surface area contributed by atoms with Crippen LogP contribution in [0.15, 0.2) is 138 Å². The Hall–Kier alpha value is -5.53. The van der Waals surface area contributed by atoms with Gasteiger partial charge in [-0.25, -0.2) is 0 Å². The van der Waals surface area contributed by atoms with Crippen LogP contribution in [0, 0.1) is 29.1 Å². The van der Waals surface area contributed by atoms with Crippen LogP contribution < -0.4 is 4.90 Å². The van der Waals surface area contributed by atoms with Crippen molar-refractivity contribution in [3.8, 4) is 22.9 Å². The molecule has 230 valence electrons. The van der Waals surface area contributed by atoms with E-state index in [0.717, 1.165) is 47.1 Å². The average molecular weight is 620 g/mol. The average Bonchev–Trinajstić information content (AvgIpc) is 3.52. The fraction of sp³-hybridized carbons (Fsp3) is 0.205. The Balaban J connectivity index is 1.14. The zero-order valence-electron chi connectivity index (χ0n) is 26.5. The number of allylic oxidation sites excluding steroid dienone is 5. The first-order valence-corrected chi connectivity index (χ1v) is 17.4. The second kappa shape index (κ2) is 9.75. The molecule has 0 saturated heterocycles. The van der Waals surface area contributed by atoms with Crippen molar-refractivity contribution < 1.29 is 4.74 Å². The third-order valence-electron chi connectivity index (χ3n) is 11.7. The maximum Gasteiger partial charge on any atom is 0.121 e. The van der Waals surface area contributed by atoms with E-state index in [4.69, 9.17) is 4.74 Å². The van der Waals surface area contributed by atoms with Crippen molar-refractivity contribution in [1.82, 2.24) is 4.57 Å². The summed E-state index contributed by atoms with van der Waals surface area (Å²) in [7, 11) is 0. The molecule has 0 amide bonds. The zero-order valence-corrected chi connectivity index (χ0v) is 26.5. The van der Waals surface area contributed by atoms with E-state index in [-0.39, 0.29) is 12.1 Å². The highest BCUT2D eigenvalue weighted by molar-refractivity contribution is 6.09. The minimum Gasteiger partial charge on any atom is -0.490 e. The van der Waals surface area contributed by atoms with E-state index in [2.05, 4.69) is 137 Å². The van der Waals surface area contributed by atoms with Crippen molar-refractivity contribution in [2.45, 2.75) is 37.8 Å². The van der Waals surface area contributed by atoms with Gasteiger partial charge in [-0.05, 0) is 77.8 Å². The third kappa shape index (κ3) is 3.59. The number of rotatable bonds is 2. The van der Waals surface area contributed by atoms with E-state index in [1.54, 1.807) is 5.57 Å².